The molecule has 7 nitrogen and oxygen atoms in total. The SMILES string of the molecule is C[C@H](NS(=O)(=O)c1ccc2[nH]c(=O)[nH]c2c1)c1ccco1. The summed E-state index contributed by atoms with van der Waals surface area (Å²) in [5.74, 6) is 0.523. The molecule has 0 unspecified atom stereocenters. The van der Waals surface area contributed by atoms with Crippen molar-refractivity contribution in [3.05, 3.63) is 52.8 Å². The molecule has 0 aliphatic heterocycles. The molecule has 0 bridgehead atoms. The van der Waals surface area contributed by atoms with E-state index in [1.807, 2.05) is 0 Å². The summed E-state index contributed by atoms with van der Waals surface area (Å²) < 4.78 is 32.4. The summed E-state index contributed by atoms with van der Waals surface area (Å²) in [6.07, 6.45) is 1.48. The summed E-state index contributed by atoms with van der Waals surface area (Å²) >= 11 is 0. The van der Waals surface area contributed by atoms with Gasteiger partial charge in [-0.1, -0.05) is 0 Å². The van der Waals surface area contributed by atoms with Gasteiger partial charge in [-0.25, -0.2) is 17.9 Å². The van der Waals surface area contributed by atoms with E-state index < -0.39 is 16.1 Å². The molecular weight excluding hydrogens is 294 g/mol. The Morgan fingerprint density at radius 1 is 1.19 bits per heavy atom. The predicted molar refractivity (Wildman–Crippen MR) is 76.4 cm³/mol. The molecule has 0 saturated carbocycles. The van der Waals surface area contributed by atoms with Gasteiger partial charge in [0.2, 0.25) is 10.0 Å². The van der Waals surface area contributed by atoms with Crippen molar-refractivity contribution in [2.24, 2.45) is 0 Å². The van der Waals surface area contributed by atoms with E-state index in [9.17, 15) is 13.2 Å². The van der Waals surface area contributed by atoms with Gasteiger partial charge in [0.15, 0.2) is 0 Å². The van der Waals surface area contributed by atoms with Crippen molar-refractivity contribution in [2.45, 2.75) is 17.9 Å². The number of imidazole rings is 1. The van der Waals surface area contributed by atoms with Crippen molar-refractivity contribution in [2.75, 3.05) is 0 Å². The van der Waals surface area contributed by atoms with Crippen LogP contribution < -0.4 is 10.4 Å². The standard InChI is InChI=1S/C13H13N3O4S/c1-8(12-3-2-6-20-12)16-21(18,19)9-4-5-10-11(7-9)15-13(17)14-10/h2-8,16H,1H3,(H2,14,15,17)/t8-/m0/s1. The summed E-state index contributed by atoms with van der Waals surface area (Å²) in [5, 5.41) is 0. The second-order valence-corrected chi connectivity index (χ2v) is 6.36. The first-order chi connectivity index (χ1) is 9.95. The van der Waals surface area contributed by atoms with Crippen molar-refractivity contribution in [3.63, 3.8) is 0 Å². The number of rotatable bonds is 4. The number of benzene rings is 1. The van der Waals surface area contributed by atoms with E-state index in [0.29, 0.717) is 16.8 Å². The maximum Gasteiger partial charge on any atom is 0.323 e. The van der Waals surface area contributed by atoms with Crippen LogP contribution in [0.4, 0.5) is 0 Å². The molecule has 0 saturated heterocycles. The third-order valence-electron chi connectivity index (χ3n) is 3.10. The van der Waals surface area contributed by atoms with Gasteiger partial charge < -0.3 is 14.4 Å². The number of sulfonamides is 1. The first-order valence-corrected chi connectivity index (χ1v) is 7.72. The van der Waals surface area contributed by atoms with Gasteiger partial charge in [0, 0.05) is 0 Å². The molecule has 110 valence electrons. The Kier molecular flexibility index (Phi) is 3.19. The minimum Gasteiger partial charge on any atom is -0.468 e. The summed E-state index contributed by atoms with van der Waals surface area (Å²) in [6, 6.07) is 7.27. The Bertz CT molecular complexity index is 922. The Balaban J connectivity index is 1.94. The van der Waals surface area contributed by atoms with Crippen molar-refractivity contribution in [3.8, 4) is 0 Å². The number of nitrogens with one attached hydrogen (secondary N) is 3. The molecule has 0 aliphatic carbocycles. The molecule has 3 aromatic rings. The molecule has 0 amide bonds. The lowest BCUT2D eigenvalue weighted by atomic mass is 10.3. The fourth-order valence-corrected chi connectivity index (χ4v) is 3.31. The first kappa shape index (κ1) is 13.7. The number of aromatic amines is 2. The van der Waals surface area contributed by atoms with E-state index in [1.54, 1.807) is 25.1 Å². The Morgan fingerprint density at radius 3 is 2.67 bits per heavy atom. The summed E-state index contributed by atoms with van der Waals surface area (Å²) in [5.41, 5.74) is 0.614. The van der Waals surface area contributed by atoms with Crippen LogP contribution in [-0.2, 0) is 10.0 Å². The molecule has 1 atom stereocenters. The molecule has 0 spiro atoms. The van der Waals surface area contributed by atoms with E-state index in [-0.39, 0.29) is 10.6 Å². The van der Waals surface area contributed by atoms with Gasteiger partial charge in [-0.05, 0) is 37.3 Å². The fraction of sp³-hybridized carbons (Fsp3) is 0.154. The highest BCUT2D eigenvalue weighted by atomic mass is 32.2. The summed E-state index contributed by atoms with van der Waals surface area (Å²) in [7, 11) is -3.71. The first-order valence-electron chi connectivity index (χ1n) is 6.23. The number of fused-ring (bicyclic) bond motifs is 1. The molecular formula is C13H13N3O4S. The van der Waals surface area contributed by atoms with Crippen molar-refractivity contribution in [1.29, 1.82) is 0 Å². The molecule has 8 heteroatoms. The van der Waals surface area contributed by atoms with Crippen LogP contribution in [0.25, 0.3) is 11.0 Å². The highest BCUT2D eigenvalue weighted by Crippen LogP contribution is 2.19. The van der Waals surface area contributed by atoms with Crippen LogP contribution in [0.15, 0.2) is 50.7 Å². The summed E-state index contributed by atoms with van der Waals surface area (Å²) in [4.78, 5) is 16.4. The van der Waals surface area contributed by atoms with E-state index in [2.05, 4.69) is 14.7 Å². The Hall–Kier alpha value is -2.32. The average molecular weight is 307 g/mol. The Morgan fingerprint density at radius 2 is 1.95 bits per heavy atom. The third-order valence-corrected chi connectivity index (χ3v) is 4.64. The van der Waals surface area contributed by atoms with Crippen LogP contribution >= 0.6 is 0 Å². The maximum atomic E-state index is 12.3. The molecule has 2 aromatic heterocycles. The van der Waals surface area contributed by atoms with Crippen LogP contribution in [-0.4, -0.2) is 18.4 Å². The zero-order chi connectivity index (χ0) is 15.0. The van der Waals surface area contributed by atoms with Gasteiger partial charge >= 0.3 is 5.69 Å². The second-order valence-electron chi connectivity index (χ2n) is 4.64. The van der Waals surface area contributed by atoms with Crippen molar-refractivity contribution >= 4 is 21.1 Å². The van der Waals surface area contributed by atoms with Crippen LogP contribution in [0.2, 0.25) is 0 Å². The van der Waals surface area contributed by atoms with Gasteiger partial charge in [-0.3, -0.25) is 0 Å². The van der Waals surface area contributed by atoms with Crippen molar-refractivity contribution in [1.82, 2.24) is 14.7 Å². The molecule has 0 aliphatic rings. The normalized spacial score (nSPS) is 13.6. The molecule has 3 rings (SSSR count). The minimum absolute atomic E-state index is 0.0728. The molecule has 3 N–H and O–H groups in total. The molecule has 2 heterocycles. The zero-order valence-electron chi connectivity index (χ0n) is 11.1. The number of hydrogen-bond acceptors (Lipinski definition) is 4. The van der Waals surface area contributed by atoms with Gasteiger partial charge in [0.1, 0.15) is 5.76 Å². The van der Waals surface area contributed by atoms with E-state index in [4.69, 9.17) is 4.42 Å². The van der Waals surface area contributed by atoms with Gasteiger partial charge in [0.05, 0.1) is 28.2 Å². The topological polar surface area (TPSA) is 108 Å². The van der Waals surface area contributed by atoms with Crippen molar-refractivity contribution < 1.29 is 12.8 Å². The highest BCUT2D eigenvalue weighted by Gasteiger charge is 2.20. The lowest BCUT2D eigenvalue weighted by Gasteiger charge is -2.12. The molecule has 1 aromatic carbocycles. The van der Waals surface area contributed by atoms with Crippen LogP contribution in [0.5, 0.6) is 0 Å². The molecule has 0 radical (unpaired) electrons. The van der Waals surface area contributed by atoms with Gasteiger partial charge in [0.25, 0.3) is 0 Å². The minimum atomic E-state index is -3.71. The highest BCUT2D eigenvalue weighted by molar-refractivity contribution is 7.89. The van der Waals surface area contributed by atoms with Crippen LogP contribution in [0.1, 0.15) is 18.7 Å². The average Bonchev–Trinajstić information content (AvgIpc) is 3.04. The van der Waals surface area contributed by atoms with E-state index in [1.165, 1.54) is 18.4 Å². The van der Waals surface area contributed by atoms with Crippen LogP contribution in [0, 0.1) is 0 Å². The van der Waals surface area contributed by atoms with E-state index >= 15 is 0 Å². The fourth-order valence-electron chi connectivity index (χ4n) is 2.08. The van der Waals surface area contributed by atoms with Crippen LogP contribution in [0.3, 0.4) is 0 Å². The monoisotopic (exact) mass is 307 g/mol. The second kappa shape index (κ2) is 4.90. The third kappa shape index (κ3) is 2.63. The maximum absolute atomic E-state index is 12.3. The predicted octanol–water partition coefficient (Wildman–Crippen LogP) is 1.49. The number of furan rings is 1. The lowest BCUT2D eigenvalue weighted by molar-refractivity contribution is 0.459. The zero-order valence-corrected chi connectivity index (χ0v) is 11.9. The molecule has 21 heavy (non-hydrogen) atoms. The van der Waals surface area contributed by atoms with Gasteiger partial charge in [-0.2, -0.15) is 0 Å². The quantitative estimate of drug-likeness (QED) is 0.678. The number of hydrogen-bond donors (Lipinski definition) is 3. The molecule has 0 fully saturated rings. The number of aromatic nitrogens is 2. The van der Waals surface area contributed by atoms with E-state index in [0.717, 1.165) is 0 Å². The van der Waals surface area contributed by atoms with Gasteiger partial charge in [-0.15, -0.1) is 0 Å². The largest absolute Gasteiger partial charge is 0.468 e. The smallest absolute Gasteiger partial charge is 0.323 e. The lowest BCUT2D eigenvalue weighted by Crippen LogP contribution is -2.26. The summed E-state index contributed by atoms with van der Waals surface area (Å²) in [6.45, 7) is 1.69. The number of H-pyrrole nitrogens is 2. The Labute approximate surface area is 120 Å².